The van der Waals surface area contributed by atoms with Crippen LogP contribution in [0.5, 0.6) is 11.5 Å². The van der Waals surface area contributed by atoms with Crippen LogP contribution < -0.4 is 25.7 Å². The smallest absolute Gasteiger partial charge is 0.343 e. The Bertz CT molecular complexity index is 1580. The molecule has 0 fully saturated rings. The third-order valence-electron chi connectivity index (χ3n) is 7.11. The summed E-state index contributed by atoms with van der Waals surface area (Å²) in [6, 6.07) is 5.15. The van der Waals surface area contributed by atoms with Crippen LogP contribution >= 0.6 is 0 Å². The van der Waals surface area contributed by atoms with E-state index in [-0.39, 0.29) is 56.1 Å². The molecule has 0 spiro atoms. The minimum absolute atomic E-state index is 0.0370. The van der Waals surface area contributed by atoms with Gasteiger partial charge in [0.15, 0.2) is 17.1 Å². The molecular weight excluding hydrogens is 484 g/mol. The molecule has 0 radical (unpaired) electrons. The molecule has 2 aromatic heterocycles. The van der Waals surface area contributed by atoms with Crippen molar-refractivity contribution in [3.8, 4) is 22.9 Å². The number of esters is 1. The van der Waals surface area contributed by atoms with Crippen LogP contribution in [0.1, 0.15) is 35.6 Å². The molecule has 3 N–H and O–H groups in total. The maximum absolute atomic E-state index is 13.5. The lowest BCUT2D eigenvalue weighted by Crippen LogP contribution is -2.44. The summed E-state index contributed by atoms with van der Waals surface area (Å²) in [5.41, 5.74) is 1.07. The zero-order valence-corrected chi connectivity index (χ0v) is 19.8. The lowest BCUT2D eigenvalue weighted by molar-refractivity contribution is -0.172. The summed E-state index contributed by atoms with van der Waals surface area (Å²) < 4.78 is 17.7. The van der Waals surface area contributed by atoms with E-state index < -0.39 is 17.5 Å². The molecule has 0 saturated carbocycles. The topological polar surface area (TPSA) is 158 Å². The summed E-state index contributed by atoms with van der Waals surface area (Å²) >= 11 is 0. The molecule has 0 saturated heterocycles. The molecule has 2 amide bonds. The van der Waals surface area contributed by atoms with Crippen molar-refractivity contribution in [2.75, 3.05) is 13.3 Å². The van der Waals surface area contributed by atoms with Crippen LogP contribution in [0.4, 0.5) is 0 Å². The zero-order valence-electron chi connectivity index (χ0n) is 19.8. The van der Waals surface area contributed by atoms with Gasteiger partial charge in [-0.15, -0.1) is 0 Å². The Labute approximate surface area is 209 Å². The second kappa shape index (κ2) is 8.30. The highest BCUT2D eigenvalue weighted by atomic mass is 16.7. The van der Waals surface area contributed by atoms with Gasteiger partial charge in [-0.3, -0.25) is 14.4 Å². The molecule has 37 heavy (non-hydrogen) atoms. The molecule has 0 bridgehead atoms. The fourth-order valence-corrected chi connectivity index (χ4v) is 5.14. The number of rotatable bonds is 6. The number of nitrogens with zero attached hydrogens (tertiary/aromatic N) is 2. The number of aliphatic hydroxyl groups is 1. The number of aromatic nitrogens is 2. The van der Waals surface area contributed by atoms with Crippen LogP contribution in [0.15, 0.2) is 23.0 Å². The monoisotopic (exact) mass is 506 g/mol. The van der Waals surface area contributed by atoms with Gasteiger partial charge in [0.1, 0.15) is 6.61 Å². The van der Waals surface area contributed by atoms with Crippen molar-refractivity contribution >= 4 is 29.2 Å². The van der Waals surface area contributed by atoms with Gasteiger partial charge in [-0.2, -0.15) is 0 Å². The van der Waals surface area contributed by atoms with Gasteiger partial charge in [0.2, 0.25) is 19.1 Å². The second-order valence-electron chi connectivity index (χ2n) is 9.02. The second-order valence-corrected chi connectivity index (χ2v) is 9.02. The number of amides is 2. The molecule has 3 aliphatic rings. The maximum Gasteiger partial charge on any atom is 0.343 e. The van der Waals surface area contributed by atoms with E-state index in [1.165, 1.54) is 4.57 Å². The number of ether oxygens (including phenoxy) is 3. The fourth-order valence-electron chi connectivity index (χ4n) is 5.14. The first-order valence-corrected chi connectivity index (χ1v) is 11.7. The van der Waals surface area contributed by atoms with Crippen molar-refractivity contribution in [1.29, 1.82) is 0 Å². The van der Waals surface area contributed by atoms with Crippen molar-refractivity contribution < 1.29 is 33.7 Å². The Kier molecular flexibility index (Phi) is 5.16. The molecule has 0 unspecified atom stereocenters. The van der Waals surface area contributed by atoms with E-state index in [4.69, 9.17) is 19.2 Å². The highest BCUT2D eigenvalue weighted by molar-refractivity contribution is 5.92. The van der Waals surface area contributed by atoms with E-state index in [0.717, 1.165) is 5.56 Å². The maximum atomic E-state index is 13.5. The van der Waals surface area contributed by atoms with Crippen LogP contribution in [0.2, 0.25) is 0 Å². The highest BCUT2D eigenvalue weighted by Gasteiger charge is 2.45. The normalized spacial score (nSPS) is 18.6. The number of carbonyl (C=O) groups excluding carboxylic acids is 3. The van der Waals surface area contributed by atoms with Gasteiger partial charge in [0.25, 0.3) is 5.56 Å². The number of nitrogens with one attached hydrogen (secondary N) is 2. The van der Waals surface area contributed by atoms with E-state index in [0.29, 0.717) is 45.8 Å². The first-order chi connectivity index (χ1) is 17.9. The quantitative estimate of drug-likeness (QED) is 0.245. The van der Waals surface area contributed by atoms with Crippen molar-refractivity contribution in [2.45, 2.75) is 38.6 Å². The minimum atomic E-state index is -1.93. The Hall–Kier alpha value is -4.45. The van der Waals surface area contributed by atoms with Gasteiger partial charge in [0.05, 0.1) is 35.6 Å². The lowest BCUT2D eigenvalue weighted by atomic mass is 9.86. The summed E-state index contributed by atoms with van der Waals surface area (Å²) in [5, 5.41) is 16.9. The standard InChI is InChI=1S/C25H22N4O8/c1-2-25(34)16-4-18-22-14(8-29(18)23(32)15(16)9-35-24(25)33)13(6-27-21(31)7-26-10-30)12-3-19-20(37-11-36-19)5-17(12)28-22/h3-5,10,34H,2,6-9,11H2,1H3,(H,26,30)(H,27,31)/t25-/m0/s1. The Morgan fingerprint density at radius 3 is 2.73 bits per heavy atom. The highest BCUT2D eigenvalue weighted by Crippen LogP contribution is 2.43. The Balaban J connectivity index is 1.54. The van der Waals surface area contributed by atoms with Crippen LogP contribution in [-0.2, 0) is 44.4 Å². The van der Waals surface area contributed by atoms with E-state index >= 15 is 0 Å². The fraction of sp³-hybridized carbons (Fsp3) is 0.320. The summed E-state index contributed by atoms with van der Waals surface area (Å²) in [7, 11) is 0. The summed E-state index contributed by atoms with van der Waals surface area (Å²) in [6.07, 6.45) is 0.478. The molecular formula is C25H22N4O8. The molecule has 3 aromatic rings. The average Bonchev–Trinajstić information content (AvgIpc) is 3.51. The minimum Gasteiger partial charge on any atom is -0.458 e. The number of fused-ring (bicyclic) bond motifs is 6. The van der Waals surface area contributed by atoms with Crippen LogP contribution in [0, 0.1) is 0 Å². The Morgan fingerprint density at radius 1 is 1.19 bits per heavy atom. The van der Waals surface area contributed by atoms with Gasteiger partial charge in [0, 0.05) is 29.1 Å². The largest absolute Gasteiger partial charge is 0.458 e. The summed E-state index contributed by atoms with van der Waals surface area (Å²) in [4.78, 5) is 53.6. The van der Waals surface area contributed by atoms with Crippen molar-refractivity contribution in [3.05, 3.63) is 50.8 Å². The van der Waals surface area contributed by atoms with Crippen LogP contribution in [0.3, 0.4) is 0 Å². The summed E-state index contributed by atoms with van der Waals surface area (Å²) in [6.45, 7) is 1.58. The molecule has 190 valence electrons. The van der Waals surface area contributed by atoms with E-state index in [1.807, 2.05) is 0 Å². The number of pyridine rings is 2. The van der Waals surface area contributed by atoms with E-state index in [2.05, 4.69) is 10.6 Å². The van der Waals surface area contributed by atoms with Crippen molar-refractivity contribution in [2.24, 2.45) is 0 Å². The molecule has 0 aliphatic carbocycles. The van der Waals surface area contributed by atoms with Gasteiger partial charge in [-0.1, -0.05) is 6.92 Å². The SMILES string of the molecule is CC[C@@]1(O)C(=O)OCc2c1cc1n(c2=O)Cc2c-1nc1cc3c(cc1c2CNC(=O)CNC=O)OCO3. The molecule has 12 heteroatoms. The zero-order chi connectivity index (χ0) is 25.9. The molecule has 3 aliphatic heterocycles. The third kappa shape index (κ3) is 3.36. The van der Waals surface area contributed by atoms with Gasteiger partial charge >= 0.3 is 5.97 Å². The number of carbonyl (C=O) groups is 3. The van der Waals surface area contributed by atoms with Crippen molar-refractivity contribution in [3.63, 3.8) is 0 Å². The summed E-state index contributed by atoms with van der Waals surface area (Å²) in [5.74, 6) is -0.125. The van der Waals surface area contributed by atoms with Gasteiger partial charge < -0.3 is 34.5 Å². The van der Waals surface area contributed by atoms with Gasteiger partial charge in [-0.25, -0.2) is 9.78 Å². The number of benzene rings is 1. The number of cyclic esters (lactones) is 1. The molecule has 1 atom stereocenters. The molecule has 1 aromatic carbocycles. The van der Waals surface area contributed by atoms with Crippen LogP contribution in [-0.4, -0.2) is 46.3 Å². The first-order valence-electron chi connectivity index (χ1n) is 11.7. The lowest BCUT2D eigenvalue weighted by Gasteiger charge is -2.31. The predicted octanol–water partition coefficient (Wildman–Crippen LogP) is 0.170. The number of hydrogen-bond acceptors (Lipinski definition) is 9. The Morgan fingerprint density at radius 2 is 1.97 bits per heavy atom. The number of hydrogen-bond donors (Lipinski definition) is 3. The third-order valence-corrected chi connectivity index (χ3v) is 7.11. The first kappa shape index (κ1) is 23.0. The van der Waals surface area contributed by atoms with E-state index in [1.54, 1.807) is 25.1 Å². The molecule has 12 nitrogen and oxygen atoms in total. The predicted molar refractivity (Wildman–Crippen MR) is 127 cm³/mol. The average molecular weight is 506 g/mol. The van der Waals surface area contributed by atoms with Crippen molar-refractivity contribution in [1.82, 2.24) is 20.2 Å². The van der Waals surface area contributed by atoms with Gasteiger partial charge in [-0.05, 0) is 24.1 Å². The molecule has 5 heterocycles. The van der Waals surface area contributed by atoms with E-state index in [9.17, 15) is 24.3 Å². The van der Waals surface area contributed by atoms with Crippen LogP contribution in [0.25, 0.3) is 22.3 Å². The molecule has 6 rings (SSSR count).